The fourth-order valence-electron chi connectivity index (χ4n) is 3.65. The van der Waals surface area contributed by atoms with Gasteiger partial charge in [0.15, 0.2) is 0 Å². The SMILES string of the molecule is CCC(C)C1CCN(C)C1.CCc1ccccc1C(F)(F)F.CSCC=O.Cc1ccc(C#N)c(Cl)c1. The molecule has 0 bridgehead atoms. The first-order valence-corrected chi connectivity index (χ1v) is 14.1. The summed E-state index contributed by atoms with van der Waals surface area (Å²) in [6.45, 7) is 11.0. The fourth-order valence-corrected chi connectivity index (χ4v) is 4.06. The normalized spacial score (nSPS) is 15.5. The van der Waals surface area contributed by atoms with E-state index >= 15 is 0 Å². The first-order chi connectivity index (χ1) is 17.4. The molecule has 2 aromatic carbocycles. The Morgan fingerprint density at radius 1 is 1.24 bits per heavy atom. The van der Waals surface area contributed by atoms with E-state index in [1.54, 1.807) is 25.1 Å². The van der Waals surface area contributed by atoms with Crippen LogP contribution in [0.15, 0.2) is 42.5 Å². The number of hydrogen-bond donors (Lipinski definition) is 0. The first kappa shape index (κ1) is 35.0. The molecule has 1 saturated heterocycles. The average molecular weight is 557 g/mol. The van der Waals surface area contributed by atoms with Crippen molar-refractivity contribution in [2.45, 2.75) is 53.1 Å². The summed E-state index contributed by atoms with van der Waals surface area (Å²) in [6, 6.07) is 13.0. The Bertz CT molecular complexity index is 963. The van der Waals surface area contributed by atoms with Gasteiger partial charge >= 0.3 is 6.18 Å². The molecule has 3 rings (SSSR count). The van der Waals surface area contributed by atoms with Crippen molar-refractivity contribution >= 4 is 29.6 Å². The van der Waals surface area contributed by atoms with Crippen molar-refractivity contribution in [1.82, 2.24) is 4.90 Å². The van der Waals surface area contributed by atoms with Crippen molar-refractivity contribution < 1.29 is 18.0 Å². The second-order valence-electron chi connectivity index (χ2n) is 8.92. The van der Waals surface area contributed by atoms with Crippen LogP contribution in [-0.2, 0) is 17.4 Å². The average Bonchev–Trinajstić information content (AvgIpc) is 3.31. The Hall–Kier alpha value is -2.01. The molecule has 2 unspecified atom stereocenters. The summed E-state index contributed by atoms with van der Waals surface area (Å²) in [5.74, 6) is 2.54. The highest BCUT2D eigenvalue weighted by Gasteiger charge is 2.32. The maximum absolute atomic E-state index is 12.2. The Morgan fingerprint density at radius 2 is 1.89 bits per heavy atom. The van der Waals surface area contributed by atoms with Gasteiger partial charge in [-0.3, -0.25) is 0 Å². The molecule has 3 nitrogen and oxygen atoms in total. The molecule has 1 aliphatic heterocycles. The van der Waals surface area contributed by atoms with Crippen LogP contribution in [0.2, 0.25) is 5.02 Å². The highest BCUT2D eigenvalue weighted by atomic mass is 35.5. The van der Waals surface area contributed by atoms with Crippen LogP contribution in [0.25, 0.3) is 0 Å². The highest BCUT2D eigenvalue weighted by molar-refractivity contribution is 7.99. The molecule has 0 spiro atoms. The number of carbonyl (C=O) groups excluding carboxylic acids is 1. The second-order valence-corrected chi connectivity index (χ2v) is 10.2. The van der Waals surface area contributed by atoms with Crippen molar-refractivity contribution in [3.63, 3.8) is 0 Å². The standard InChI is InChI=1S/C9H9F3.C9H19N.C8H6ClN.C3H6OS/c1-2-7-5-3-4-6-8(7)9(10,11)12;1-4-8(2)9-5-6-10(3)7-9;1-6-2-3-7(5-10)8(9)4-6;1-5-3-2-4/h3-6H,2H2,1H3;8-9H,4-7H2,1-3H3;2-4H,1H3;2H,3H2,1H3. The Labute approximate surface area is 230 Å². The van der Waals surface area contributed by atoms with Crippen molar-refractivity contribution in [1.29, 1.82) is 5.26 Å². The summed E-state index contributed by atoms with van der Waals surface area (Å²) in [7, 11) is 2.22. The minimum absolute atomic E-state index is 0.352. The molecule has 2 atom stereocenters. The number of hydrogen-bond acceptors (Lipinski definition) is 4. The lowest BCUT2D eigenvalue weighted by molar-refractivity contribution is -0.138. The molecule has 1 aliphatic rings. The zero-order valence-corrected chi connectivity index (χ0v) is 24.3. The molecule has 206 valence electrons. The number of nitrogens with zero attached hydrogens (tertiary/aromatic N) is 2. The number of aryl methyl sites for hydroxylation is 2. The summed E-state index contributed by atoms with van der Waals surface area (Å²) in [5.41, 5.74) is 1.44. The van der Waals surface area contributed by atoms with Gasteiger partial charge in [0.2, 0.25) is 0 Å². The Balaban J connectivity index is 0.000000484. The van der Waals surface area contributed by atoms with Crippen molar-refractivity contribution in [3.8, 4) is 6.07 Å². The van der Waals surface area contributed by atoms with E-state index in [0.29, 0.717) is 28.3 Å². The van der Waals surface area contributed by atoms with Gasteiger partial charge in [-0.25, -0.2) is 0 Å². The number of nitriles is 1. The van der Waals surface area contributed by atoms with Gasteiger partial charge in [-0.05, 0) is 80.8 Å². The van der Waals surface area contributed by atoms with E-state index in [1.807, 2.05) is 25.3 Å². The molecule has 0 radical (unpaired) electrons. The summed E-state index contributed by atoms with van der Waals surface area (Å²) >= 11 is 7.24. The number of likely N-dealkylation sites (tertiary alicyclic amines) is 1. The quantitative estimate of drug-likeness (QED) is 0.347. The number of thioether (sulfide) groups is 1. The van der Waals surface area contributed by atoms with E-state index in [4.69, 9.17) is 16.9 Å². The predicted molar refractivity (Wildman–Crippen MR) is 151 cm³/mol. The summed E-state index contributed by atoms with van der Waals surface area (Å²) < 4.78 is 36.7. The third-order valence-electron chi connectivity index (χ3n) is 6.06. The number of aldehydes is 1. The number of rotatable bonds is 5. The van der Waals surface area contributed by atoms with Gasteiger partial charge in [0.05, 0.1) is 16.1 Å². The van der Waals surface area contributed by atoms with Gasteiger partial charge in [-0.2, -0.15) is 30.2 Å². The molecule has 1 fully saturated rings. The molecule has 0 aromatic heterocycles. The van der Waals surface area contributed by atoms with Crippen LogP contribution in [-0.4, -0.2) is 43.3 Å². The molecule has 0 amide bonds. The molecular formula is C29H40ClF3N2OS. The van der Waals surface area contributed by atoms with Crippen molar-refractivity contribution in [2.75, 3.05) is 32.1 Å². The second kappa shape index (κ2) is 19.1. The van der Waals surface area contributed by atoms with E-state index < -0.39 is 11.7 Å². The van der Waals surface area contributed by atoms with Crippen LogP contribution in [0.3, 0.4) is 0 Å². The summed E-state index contributed by atoms with van der Waals surface area (Å²) in [4.78, 5) is 11.8. The van der Waals surface area contributed by atoms with Crippen molar-refractivity contribution in [2.24, 2.45) is 11.8 Å². The molecule has 1 heterocycles. The molecule has 37 heavy (non-hydrogen) atoms. The van der Waals surface area contributed by atoms with Gasteiger partial charge in [0.1, 0.15) is 12.4 Å². The zero-order chi connectivity index (χ0) is 28.4. The maximum Gasteiger partial charge on any atom is 0.416 e. The third-order valence-corrected chi connectivity index (χ3v) is 6.84. The third kappa shape index (κ3) is 14.5. The molecule has 0 saturated carbocycles. The lowest BCUT2D eigenvalue weighted by atomic mass is 9.91. The fraction of sp³-hybridized carbons (Fsp3) is 0.517. The largest absolute Gasteiger partial charge is 0.416 e. The van der Waals surface area contributed by atoms with E-state index in [2.05, 4.69) is 25.8 Å². The molecule has 2 aromatic rings. The van der Waals surface area contributed by atoms with Gasteiger partial charge in [-0.1, -0.05) is 63.1 Å². The van der Waals surface area contributed by atoms with Crippen LogP contribution in [0.1, 0.15) is 55.9 Å². The predicted octanol–water partition coefficient (Wildman–Crippen LogP) is 8.32. The molecular weight excluding hydrogens is 517 g/mol. The lowest BCUT2D eigenvalue weighted by Crippen LogP contribution is -2.17. The molecule has 0 aliphatic carbocycles. The van der Waals surface area contributed by atoms with Crippen molar-refractivity contribution in [3.05, 3.63) is 69.7 Å². The monoisotopic (exact) mass is 556 g/mol. The molecule has 8 heteroatoms. The van der Waals surface area contributed by atoms with Crippen LogP contribution in [0.4, 0.5) is 13.2 Å². The lowest BCUT2D eigenvalue weighted by Gasteiger charge is -2.16. The van der Waals surface area contributed by atoms with Gasteiger partial charge < -0.3 is 9.69 Å². The van der Waals surface area contributed by atoms with Crippen LogP contribution in [0, 0.1) is 30.1 Å². The first-order valence-electron chi connectivity index (χ1n) is 12.4. The topological polar surface area (TPSA) is 44.1 Å². The Morgan fingerprint density at radius 3 is 2.27 bits per heavy atom. The van der Waals surface area contributed by atoms with E-state index in [0.717, 1.165) is 29.8 Å². The van der Waals surface area contributed by atoms with Gasteiger partial charge in [-0.15, -0.1) is 0 Å². The number of benzene rings is 2. The van der Waals surface area contributed by atoms with E-state index in [1.165, 1.54) is 49.8 Å². The number of halogens is 4. The minimum atomic E-state index is -4.22. The van der Waals surface area contributed by atoms with E-state index in [9.17, 15) is 18.0 Å². The zero-order valence-electron chi connectivity index (χ0n) is 22.7. The molecule has 0 N–H and O–H groups in total. The van der Waals surface area contributed by atoms with Gasteiger partial charge in [0, 0.05) is 12.3 Å². The van der Waals surface area contributed by atoms with Crippen LogP contribution >= 0.6 is 23.4 Å². The number of alkyl halides is 3. The summed E-state index contributed by atoms with van der Waals surface area (Å²) in [5, 5.41) is 9.00. The smallest absolute Gasteiger partial charge is 0.306 e. The van der Waals surface area contributed by atoms with E-state index in [-0.39, 0.29) is 0 Å². The number of carbonyl (C=O) groups is 1. The Kier molecular flexibility index (Phi) is 18.1. The minimum Gasteiger partial charge on any atom is -0.306 e. The van der Waals surface area contributed by atoms with Gasteiger partial charge in [0.25, 0.3) is 0 Å². The van der Waals surface area contributed by atoms with Crippen LogP contribution in [0.5, 0.6) is 0 Å². The highest BCUT2D eigenvalue weighted by Crippen LogP contribution is 2.31. The maximum atomic E-state index is 12.2. The van der Waals surface area contributed by atoms with Crippen LogP contribution < -0.4 is 0 Å². The summed E-state index contributed by atoms with van der Waals surface area (Å²) in [6.07, 6.45) is 1.76.